The van der Waals surface area contributed by atoms with E-state index in [4.69, 9.17) is 33.7 Å². The number of fused-ring (bicyclic) bond motifs is 1. The first kappa shape index (κ1) is 36.5. The highest BCUT2D eigenvalue weighted by Crippen LogP contribution is 2.65. The van der Waals surface area contributed by atoms with Gasteiger partial charge in [-0.3, -0.25) is 19.2 Å². The molecule has 12 nitrogen and oxygen atoms in total. The average Bonchev–Trinajstić information content (AvgIpc) is 3.26. The molecule has 1 heterocycles. The van der Waals surface area contributed by atoms with Gasteiger partial charge in [-0.1, -0.05) is 78.3 Å². The predicted molar refractivity (Wildman–Crippen MR) is 175 cm³/mol. The second-order valence-corrected chi connectivity index (χ2v) is 16.4. The summed E-state index contributed by atoms with van der Waals surface area (Å²) < 4.78 is 4.25. The molecule has 5 N–H and O–H groups in total. The molecule has 4 rings (SSSR count). The third-order valence-corrected chi connectivity index (χ3v) is 10.4. The number of Topliss-reactive ketones (excluding diaryl/α,β-unsaturated/α-hetero) is 1. The Morgan fingerprint density at radius 3 is 2.02 bits per heavy atom. The fraction of sp³-hybridized carbons (Fsp3) is 0.636. The van der Waals surface area contributed by atoms with Crippen LogP contribution >= 0.6 is 23.2 Å². The minimum absolute atomic E-state index is 0.0225. The van der Waals surface area contributed by atoms with E-state index in [9.17, 15) is 28.8 Å². The number of halogens is 2. The Morgan fingerprint density at radius 1 is 0.936 bits per heavy atom. The Labute approximate surface area is 285 Å². The van der Waals surface area contributed by atoms with E-state index in [0.717, 1.165) is 12.0 Å². The quantitative estimate of drug-likeness (QED) is 0.156. The van der Waals surface area contributed by atoms with Gasteiger partial charge in [0.1, 0.15) is 35.1 Å². The number of primary amides is 1. The van der Waals surface area contributed by atoms with Crippen molar-refractivity contribution in [3.05, 3.63) is 35.9 Å². The van der Waals surface area contributed by atoms with Crippen LogP contribution in [0.1, 0.15) is 66.4 Å². The number of carbonyl (C=O) groups is 6. The molecular weight excluding hydrogens is 649 g/mol. The summed E-state index contributed by atoms with van der Waals surface area (Å²) in [5.41, 5.74) is 4.47. The molecule has 14 heteroatoms. The number of ketones is 1. The van der Waals surface area contributed by atoms with Crippen LogP contribution in [0.4, 0.5) is 4.79 Å². The van der Waals surface area contributed by atoms with E-state index in [1.54, 1.807) is 41.5 Å². The van der Waals surface area contributed by atoms with Gasteiger partial charge in [0.25, 0.3) is 5.91 Å². The van der Waals surface area contributed by atoms with Gasteiger partial charge in [0.2, 0.25) is 17.6 Å². The monoisotopic (exact) mass is 693 g/mol. The van der Waals surface area contributed by atoms with Crippen molar-refractivity contribution in [2.24, 2.45) is 34.3 Å². The third kappa shape index (κ3) is 8.02. The lowest BCUT2D eigenvalue weighted by Crippen LogP contribution is -2.63. The summed E-state index contributed by atoms with van der Waals surface area (Å²) in [6.45, 7) is 10.6. The summed E-state index contributed by atoms with van der Waals surface area (Å²) in [4.78, 5) is 80.3. The van der Waals surface area contributed by atoms with Crippen LogP contribution in [0.3, 0.4) is 0 Å². The number of esters is 1. The van der Waals surface area contributed by atoms with Crippen LogP contribution in [-0.2, 0) is 35.3 Å². The van der Waals surface area contributed by atoms with Gasteiger partial charge in [-0.15, -0.1) is 23.2 Å². The number of carbonyl (C=O) groups excluding carboxylic acids is 6. The summed E-state index contributed by atoms with van der Waals surface area (Å²) in [6, 6.07) is 3.87. The van der Waals surface area contributed by atoms with Crippen molar-refractivity contribution in [3.63, 3.8) is 0 Å². The molecule has 258 valence electrons. The number of nitrogens with zero attached hydrogens (tertiary/aromatic N) is 1. The second kappa shape index (κ2) is 13.6. The topological polar surface area (TPSA) is 177 Å². The zero-order chi connectivity index (χ0) is 35.1. The van der Waals surface area contributed by atoms with Crippen LogP contribution < -0.4 is 21.7 Å². The smallest absolute Gasteiger partial charge is 0.329 e. The molecule has 2 saturated carbocycles. The van der Waals surface area contributed by atoms with Crippen molar-refractivity contribution in [1.82, 2.24) is 20.9 Å². The van der Waals surface area contributed by atoms with Crippen LogP contribution in [-0.4, -0.2) is 75.5 Å². The molecule has 3 fully saturated rings. The average molecular weight is 695 g/mol. The number of benzene rings is 1. The number of urea groups is 1. The summed E-state index contributed by atoms with van der Waals surface area (Å²) in [5.74, 6) is -5.24. The van der Waals surface area contributed by atoms with Gasteiger partial charge in [0, 0.05) is 18.4 Å². The number of hydrogen-bond donors (Lipinski definition) is 4. The summed E-state index contributed by atoms with van der Waals surface area (Å²) in [7, 11) is 0. The van der Waals surface area contributed by atoms with Gasteiger partial charge >= 0.3 is 12.0 Å². The van der Waals surface area contributed by atoms with Crippen molar-refractivity contribution in [2.75, 3.05) is 6.54 Å². The van der Waals surface area contributed by atoms with E-state index in [0.29, 0.717) is 12.8 Å². The molecule has 0 aromatic heterocycles. The van der Waals surface area contributed by atoms with E-state index in [1.807, 2.05) is 30.3 Å². The number of hydrogen-bond acceptors (Lipinski definition) is 7. The van der Waals surface area contributed by atoms with Crippen molar-refractivity contribution >= 4 is 58.7 Å². The second-order valence-electron chi connectivity index (χ2n) is 15.0. The fourth-order valence-corrected chi connectivity index (χ4v) is 7.08. The molecule has 6 atom stereocenters. The van der Waals surface area contributed by atoms with Crippen molar-refractivity contribution < 1.29 is 33.5 Å². The standard InChI is InChI=1S/C33H45Cl2N5O7/c1-31(2,3)24(38-30(46)39-25(32(4,5)6)29(45)47-16-17-11-8-7-9-12-17)28(44)40-15-19-20(33(19,34)35)22(40)27(43)37-21(18-13-10-14-18)23(41)26(36)42/h7-9,11-12,18-22,24-25H,10,13-16H2,1-6H3,(H2,36,42)(H,37,43)(H2,38,39,46)/t19-,20-,21?,22-,24+,25+/m0/s1. The summed E-state index contributed by atoms with van der Waals surface area (Å²) in [6.07, 6.45) is 2.12. The van der Waals surface area contributed by atoms with E-state index >= 15 is 0 Å². The van der Waals surface area contributed by atoms with E-state index < -0.39 is 86.7 Å². The number of alkyl halides is 2. The highest BCUT2D eigenvalue weighted by Gasteiger charge is 2.74. The Bertz CT molecular complexity index is 1400. The molecule has 1 unspecified atom stereocenters. The molecule has 5 amide bonds. The first-order chi connectivity index (χ1) is 21.7. The lowest BCUT2D eigenvalue weighted by molar-refractivity contribution is -0.150. The van der Waals surface area contributed by atoms with Crippen LogP contribution in [0, 0.1) is 28.6 Å². The van der Waals surface area contributed by atoms with Gasteiger partial charge in [-0.2, -0.15) is 0 Å². The molecule has 1 aliphatic heterocycles. The van der Waals surface area contributed by atoms with Gasteiger partial charge < -0.3 is 31.3 Å². The third-order valence-electron chi connectivity index (χ3n) is 9.32. The maximum absolute atomic E-state index is 14.2. The zero-order valence-corrected chi connectivity index (χ0v) is 29.1. The lowest BCUT2D eigenvalue weighted by Gasteiger charge is -2.39. The largest absolute Gasteiger partial charge is 0.459 e. The van der Waals surface area contributed by atoms with Gasteiger partial charge in [0.15, 0.2) is 0 Å². The number of piperidine rings is 1. The van der Waals surface area contributed by atoms with E-state index in [-0.39, 0.29) is 19.1 Å². The molecule has 3 aliphatic rings. The summed E-state index contributed by atoms with van der Waals surface area (Å²) in [5, 5.41) is 8.07. The molecule has 0 radical (unpaired) electrons. The fourth-order valence-electron chi connectivity index (χ4n) is 6.26. The van der Waals surface area contributed by atoms with Gasteiger partial charge in [-0.25, -0.2) is 9.59 Å². The highest BCUT2D eigenvalue weighted by atomic mass is 35.5. The maximum atomic E-state index is 14.2. The minimum Gasteiger partial charge on any atom is -0.459 e. The van der Waals surface area contributed by atoms with Crippen LogP contribution in [0.25, 0.3) is 0 Å². The zero-order valence-electron chi connectivity index (χ0n) is 27.6. The minimum atomic E-state index is -1.26. The molecule has 1 aromatic rings. The number of amides is 5. The van der Waals surface area contributed by atoms with Crippen molar-refractivity contribution in [1.29, 1.82) is 0 Å². The van der Waals surface area contributed by atoms with Gasteiger partial charge in [0.05, 0.1) is 0 Å². The summed E-state index contributed by atoms with van der Waals surface area (Å²) >= 11 is 13.0. The molecule has 2 aliphatic carbocycles. The first-order valence-electron chi connectivity index (χ1n) is 15.8. The highest BCUT2D eigenvalue weighted by molar-refractivity contribution is 6.51. The molecular formula is C33H45Cl2N5O7. The SMILES string of the molecule is CC(C)(C)[C@H](NC(=O)N[C@H](C(=O)N1C[C@H]2[C@@H]([C@H]1C(=O)NC(C(=O)C(N)=O)C1CCC1)C2(Cl)Cl)C(C)(C)C)C(=O)OCc1ccccc1. The predicted octanol–water partition coefficient (Wildman–Crippen LogP) is 2.83. The maximum Gasteiger partial charge on any atom is 0.329 e. The number of nitrogens with two attached hydrogens (primary N) is 1. The van der Waals surface area contributed by atoms with E-state index in [1.165, 1.54) is 4.90 Å². The molecule has 1 saturated heterocycles. The molecule has 0 spiro atoms. The van der Waals surface area contributed by atoms with Crippen molar-refractivity contribution in [3.8, 4) is 0 Å². The Hall–Kier alpha value is -3.38. The van der Waals surface area contributed by atoms with Crippen LogP contribution in [0.2, 0.25) is 0 Å². The van der Waals surface area contributed by atoms with E-state index in [2.05, 4.69) is 16.0 Å². The lowest BCUT2D eigenvalue weighted by atomic mass is 9.78. The molecule has 1 aromatic carbocycles. The van der Waals surface area contributed by atoms with Crippen molar-refractivity contribution in [2.45, 2.75) is 95.9 Å². The number of ether oxygens (including phenoxy) is 1. The van der Waals surface area contributed by atoms with Crippen LogP contribution in [0.15, 0.2) is 30.3 Å². The molecule has 0 bridgehead atoms. The first-order valence-corrected chi connectivity index (χ1v) is 16.6. The van der Waals surface area contributed by atoms with Gasteiger partial charge in [-0.05, 0) is 35.2 Å². The normalized spacial score (nSPS) is 23.7. The van der Waals surface area contributed by atoms with Crippen LogP contribution in [0.5, 0.6) is 0 Å². The number of likely N-dealkylation sites (tertiary alicyclic amines) is 1. The Kier molecular flexibility index (Phi) is 10.6. The number of rotatable bonds is 11. The Morgan fingerprint density at radius 2 is 1.51 bits per heavy atom. The Balaban J connectivity index is 1.51. The molecule has 47 heavy (non-hydrogen) atoms. The number of nitrogens with one attached hydrogen (secondary N) is 3.